The SMILES string of the molecule is Cc1c(Cl)ccc2c1n[c]n2-c1ccc(C(F)(F)F)cc1. The van der Waals surface area contributed by atoms with Gasteiger partial charge in [0.15, 0.2) is 6.33 Å². The van der Waals surface area contributed by atoms with Gasteiger partial charge in [-0.2, -0.15) is 13.2 Å². The first-order valence-corrected chi connectivity index (χ1v) is 6.48. The van der Waals surface area contributed by atoms with Crippen LogP contribution in [0.3, 0.4) is 0 Å². The first-order chi connectivity index (χ1) is 9.88. The van der Waals surface area contributed by atoms with Crippen molar-refractivity contribution >= 4 is 22.6 Å². The maximum Gasteiger partial charge on any atom is 0.416 e. The number of alkyl halides is 3. The van der Waals surface area contributed by atoms with Crippen molar-refractivity contribution in [3.8, 4) is 5.69 Å². The van der Waals surface area contributed by atoms with Crippen LogP contribution in [0, 0.1) is 13.3 Å². The Balaban J connectivity index is 2.11. The van der Waals surface area contributed by atoms with Crippen molar-refractivity contribution in [2.24, 2.45) is 0 Å². The predicted octanol–water partition coefficient (Wildman–Crippen LogP) is 4.81. The highest BCUT2D eigenvalue weighted by Gasteiger charge is 2.30. The molecule has 1 heterocycles. The zero-order chi connectivity index (χ0) is 15.2. The molecule has 1 aromatic heterocycles. The summed E-state index contributed by atoms with van der Waals surface area (Å²) < 4.78 is 39.3. The van der Waals surface area contributed by atoms with Crippen molar-refractivity contribution in [3.63, 3.8) is 0 Å². The molecule has 6 heteroatoms. The Morgan fingerprint density at radius 2 is 1.76 bits per heavy atom. The van der Waals surface area contributed by atoms with Gasteiger partial charge in [-0.15, -0.1) is 0 Å². The predicted molar refractivity (Wildman–Crippen MR) is 74.7 cm³/mol. The Morgan fingerprint density at radius 3 is 2.38 bits per heavy atom. The summed E-state index contributed by atoms with van der Waals surface area (Å²) in [6.07, 6.45) is -1.56. The molecule has 0 aliphatic rings. The summed E-state index contributed by atoms with van der Waals surface area (Å²) in [5.41, 5.74) is 2.12. The van der Waals surface area contributed by atoms with E-state index in [1.807, 2.05) is 6.92 Å². The number of halogens is 4. The second kappa shape index (κ2) is 4.77. The summed E-state index contributed by atoms with van der Waals surface area (Å²) in [5, 5.41) is 0.591. The number of hydrogen-bond acceptors (Lipinski definition) is 1. The number of aromatic nitrogens is 2. The molecule has 2 nitrogen and oxygen atoms in total. The minimum atomic E-state index is -4.34. The summed E-state index contributed by atoms with van der Waals surface area (Å²) >= 11 is 6.03. The van der Waals surface area contributed by atoms with Crippen LogP contribution in [0.2, 0.25) is 5.02 Å². The lowest BCUT2D eigenvalue weighted by atomic mass is 10.2. The fraction of sp³-hybridized carbons (Fsp3) is 0.133. The third-order valence-corrected chi connectivity index (χ3v) is 3.71. The molecule has 0 saturated carbocycles. The van der Waals surface area contributed by atoms with E-state index >= 15 is 0 Å². The van der Waals surface area contributed by atoms with Crippen molar-refractivity contribution < 1.29 is 13.2 Å². The molecule has 0 fully saturated rings. The molecule has 0 spiro atoms. The molecule has 21 heavy (non-hydrogen) atoms. The molecule has 0 aliphatic heterocycles. The second-order valence-corrected chi connectivity index (χ2v) is 5.04. The third-order valence-electron chi connectivity index (χ3n) is 3.30. The van der Waals surface area contributed by atoms with Crippen LogP contribution in [0.5, 0.6) is 0 Å². The monoisotopic (exact) mass is 309 g/mol. The van der Waals surface area contributed by atoms with E-state index in [1.54, 1.807) is 16.7 Å². The van der Waals surface area contributed by atoms with E-state index in [9.17, 15) is 13.2 Å². The number of benzene rings is 2. The molecule has 0 bridgehead atoms. The van der Waals surface area contributed by atoms with Crippen LogP contribution in [0.15, 0.2) is 36.4 Å². The zero-order valence-electron chi connectivity index (χ0n) is 10.9. The van der Waals surface area contributed by atoms with E-state index < -0.39 is 11.7 Å². The van der Waals surface area contributed by atoms with Crippen LogP contribution in [0.25, 0.3) is 16.7 Å². The average Bonchev–Trinajstić information content (AvgIpc) is 2.87. The van der Waals surface area contributed by atoms with Crippen molar-refractivity contribution in [1.29, 1.82) is 0 Å². The molecule has 107 valence electrons. The Labute approximate surface area is 123 Å². The number of aryl methyl sites for hydroxylation is 1. The molecular formula is C15H9ClF3N2. The van der Waals surface area contributed by atoms with Crippen LogP contribution in [0.1, 0.15) is 11.1 Å². The van der Waals surface area contributed by atoms with Crippen LogP contribution in [-0.4, -0.2) is 9.55 Å². The Hall–Kier alpha value is -2.01. The number of hydrogen-bond donors (Lipinski definition) is 0. The maximum absolute atomic E-state index is 12.6. The van der Waals surface area contributed by atoms with Gasteiger partial charge < -0.3 is 0 Å². The number of imidazole rings is 1. The topological polar surface area (TPSA) is 17.8 Å². The summed E-state index contributed by atoms with van der Waals surface area (Å²) in [5.74, 6) is 0. The van der Waals surface area contributed by atoms with Gasteiger partial charge in [-0.05, 0) is 48.9 Å². The van der Waals surface area contributed by atoms with E-state index in [2.05, 4.69) is 11.3 Å². The Morgan fingerprint density at radius 1 is 1.10 bits per heavy atom. The minimum absolute atomic E-state index is 0.562. The van der Waals surface area contributed by atoms with E-state index in [1.165, 1.54) is 12.1 Å². The molecule has 0 amide bonds. The molecule has 0 N–H and O–H groups in total. The highest BCUT2D eigenvalue weighted by molar-refractivity contribution is 6.32. The Kier molecular flexibility index (Phi) is 3.17. The van der Waals surface area contributed by atoms with Gasteiger partial charge in [0.05, 0.1) is 16.6 Å². The molecule has 0 unspecified atom stereocenters. The van der Waals surface area contributed by atoms with Gasteiger partial charge >= 0.3 is 6.18 Å². The van der Waals surface area contributed by atoms with Gasteiger partial charge in [0.1, 0.15) is 0 Å². The van der Waals surface area contributed by atoms with Crippen molar-refractivity contribution in [2.75, 3.05) is 0 Å². The van der Waals surface area contributed by atoms with Gasteiger partial charge in [-0.25, -0.2) is 4.98 Å². The molecule has 3 rings (SSSR count). The molecule has 0 aliphatic carbocycles. The maximum atomic E-state index is 12.6. The van der Waals surface area contributed by atoms with Crippen LogP contribution in [-0.2, 0) is 6.18 Å². The van der Waals surface area contributed by atoms with E-state index in [4.69, 9.17) is 11.6 Å². The lowest BCUT2D eigenvalue weighted by molar-refractivity contribution is -0.137. The molecule has 0 atom stereocenters. The average molecular weight is 310 g/mol. The Bertz CT molecular complexity index is 804. The quantitative estimate of drug-likeness (QED) is 0.631. The van der Waals surface area contributed by atoms with Crippen LogP contribution >= 0.6 is 11.6 Å². The van der Waals surface area contributed by atoms with E-state index in [-0.39, 0.29) is 0 Å². The second-order valence-electron chi connectivity index (χ2n) is 4.63. The first-order valence-electron chi connectivity index (χ1n) is 6.11. The molecule has 2 aromatic carbocycles. The summed E-state index contributed by atoms with van der Waals surface area (Å²) in [6, 6.07) is 8.37. The normalized spacial score (nSPS) is 12.0. The first kappa shape index (κ1) is 13.9. The fourth-order valence-corrected chi connectivity index (χ4v) is 2.29. The molecule has 3 aromatic rings. The lowest BCUT2D eigenvalue weighted by Crippen LogP contribution is -2.04. The largest absolute Gasteiger partial charge is 0.416 e. The van der Waals surface area contributed by atoms with Crippen molar-refractivity contribution in [1.82, 2.24) is 9.55 Å². The third kappa shape index (κ3) is 2.38. The molecule has 1 radical (unpaired) electrons. The van der Waals surface area contributed by atoms with E-state index in [0.717, 1.165) is 23.2 Å². The number of nitrogens with zero attached hydrogens (tertiary/aromatic N) is 2. The highest BCUT2D eigenvalue weighted by atomic mass is 35.5. The lowest BCUT2D eigenvalue weighted by Gasteiger charge is -2.09. The van der Waals surface area contributed by atoms with Crippen molar-refractivity contribution in [2.45, 2.75) is 13.1 Å². The van der Waals surface area contributed by atoms with Gasteiger partial charge in [-0.1, -0.05) is 11.6 Å². The van der Waals surface area contributed by atoms with Crippen molar-refractivity contribution in [3.05, 3.63) is 58.9 Å². The minimum Gasteiger partial charge on any atom is -0.290 e. The van der Waals surface area contributed by atoms with Crippen LogP contribution in [0.4, 0.5) is 13.2 Å². The number of rotatable bonds is 1. The highest BCUT2D eigenvalue weighted by Crippen LogP contribution is 2.30. The fourth-order valence-electron chi connectivity index (χ4n) is 2.13. The summed E-state index contributed by atoms with van der Waals surface area (Å²) in [7, 11) is 0. The number of fused-ring (bicyclic) bond motifs is 1. The summed E-state index contributed by atoms with van der Waals surface area (Å²) in [6.45, 7) is 1.84. The van der Waals surface area contributed by atoms with E-state index in [0.29, 0.717) is 16.2 Å². The molecule has 0 saturated heterocycles. The van der Waals surface area contributed by atoms with Crippen LogP contribution < -0.4 is 0 Å². The van der Waals surface area contributed by atoms with Gasteiger partial charge in [-0.3, -0.25) is 4.57 Å². The standard InChI is InChI=1S/C15H9ClF3N2/c1-9-12(16)6-7-13-14(9)20-8-21(13)11-4-2-10(3-5-11)15(17,18)19/h2-7H,1H3. The van der Waals surface area contributed by atoms with Gasteiger partial charge in [0, 0.05) is 10.7 Å². The summed E-state index contributed by atoms with van der Waals surface area (Å²) in [4.78, 5) is 4.16. The van der Waals surface area contributed by atoms with Gasteiger partial charge in [0.2, 0.25) is 0 Å². The smallest absolute Gasteiger partial charge is 0.290 e. The molecular weight excluding hydrogens is 301 g/mol. The zero-order valence-corrected chi connectivity index (χ0v) is 11.6. The van der Waals surface area contributed by atoms with Gasteiger partial charge in [0.25, 0.3) is 0 Å².